The number of carbonyl (C=O) groups is 1. The first-order valence-corrected chi connectivity index (χ1v) is 10.0. The van der Waals surface area contributed by atoms with Crippen molar-refractivity contribution >= 4 is 17.7 Å². The molecule has 140 valence electrons. The lowest BCUT2D eigenvalue weighted by atomic mass is 9.87. The van der Waals surface area contributed by atoms with Crippen molar-refractivity contribution in [2.75, 3.05) is 25.7 Å². The van der Waals surface area contributed by atoms with Crippen LogP contribution in [0.1, 0.15) is 31.4 Å². The van der Waals surface area contributed by atoms with E-state index in [1.165, 1.54) is 0 Å². The normalized spacial score (nSPS) is 24.1. The maximum atomic E-state index is 12.4. The molecule has 7 heteroatoms. The van der Waals surface area contributed by atoms with E-state index in [0.29, 0.717) is 6.42 Å². The topological polar surface area (TPSA) is 82.6 Å². The Labute approximate surface area is 154 Å². The second-order valence-electron chi connectivity index (χ2n) is 6.42. The van der Waals surface area contributed by atoms with Gasteiger partial charge in [-0.2, -0.15) is 11.8 Å². The molecule has 4 atom stereocenters. The van der Waals surface area contributed by atoms with Crippen LogP contribution in [0.2, 0.25) is 0 Å². The predicted molar refractivity (Wildman–Crippen MR) is 102 cm³/mol. The Morgan fingerprint density at radius 1 is 1.36 bits per heavy atom. The molecule has 1 heterocycles. The van der Waals surface area contributed by atoms with Gasteiger partial charge in [0.15, 0.2) is 0 Å². The van der Waals surface area contributed by atoms with Gasteiger partial charge in [0, 0.05) is 18.4 Å². The average molecular weight is 368 g/mol. The van der Waals surface area contributed by atoms with Crippen LogP contribution in [-0.4, -0.2) is 48.8 Å². The monoisotopic (exact) mass is 367 g/mol. The summed E-state index contributed by atoms with van der Waals surface area (Å²) < 4.78 is 5.21. The lowest BCUT2D eigenvalue weighted by molar-refractivity contribution is -0.123. The molecule has 1 saturated heterocycles. The number of ether oxygens (including phenoxy) is 1. The zero-order chi connectivity index (χ0) is 18.2. The molecular formula is C18H29N3O3S. The number of thioether (sulfide) groups is 1. The van der Waals surface area contributed by atoms with Crippen LogP contribution in [0.5, 0.6) is 5.75 Å². The van der Waals surface area contributed by atoms with Crippen LogP contribution in [0.15, 0.2) is 24.3 Å². The lowest BCUT2D eigenvalue weighted by Gasteiger charge is -2.23. The molecule has 0 spiro atoms. The molecule has 3 unspecified atom stereocenters. The summed E-state index contributed by atoms with van der Waals surface area (Å²) in [4.78, 5) is 12.4. The molecule has 1 aromatic rings. The Kier molecular flexibility index (Phi) is 8.02. The first-order chi connectivity index (χ1) is 12.1. The average Bonchev–Trinajstić information content (AvgIpc) is 2.99. The van der Waals surface area contributed by atoms with Gasteiger partial charge in [0.2, 0.25) is 5.91 Å². The summed E-state index contributed by atoms with van der Waals surface area (Å²) >= 11 is 1.71. The molecule has 1 fully saturated rings. The molecule has 2 rings (SSSR count). The number of methoxy groups -OCH3 is 1. The van der Waals surface area contributed by atoms with E-state index < -0.39 is 0 Å². The first-order valence-electron chi connectivity index (χ1n) is 8.63. The van der Waals surface area contributed by atoms with E-state index in [0.717, 1.165) is 23.5 Å². The van der Waals surface area contributed by atoms with Gasteiger partial charge in [-0.25, -0.2) is 5.43 Å². The van der Waals surface area contributed by atoms with Gasteiger partial charge in [0.1, 0.15) is 5.75 Å². The smallest absolute Gasteiger partial charge is 0.220 e. The molecule has 0 aliphatic carbocycles. The third kappa shape index (κ3) is 5.60. The number of nitrogens with one attached hydrogen (secondary N) is 3. The second-order valence-corrected chi connectivity index (χ2v) is 7.41. The van der Waals surface area contributed by atoms with E-state index in [9.17, 15) is 9.90 Å². The van der Waals surface area contributed by atoms with Crippen molar-refractivity contribution in [1.29, 1.82) is 0 Å². The Morgan fingerprint density at radius 2 is 2.08 bits per heavy atom. The van der Waals surface area contributed by atoms with E-state index in [1.54, 1.807) is 18.9 Å². The zero-order valence-electron chi connectivity index (χ0n) is 15.1. The van der Waals surface area contributed by atoms with Crippen molar-refractivity contribution in [3.05, 3.63) is 29.8 Å². The van der Waals surface area contributed by atoms with Crippen LogP contribution < -0.4 is 20.9 Å². The van der Waals surface area contributed by atoms with E-state index in [4.69, 9.17) is 4.74 Å². The molecule has 0 saturated carbocycles. The summed E-state index contributed by atoms with van der Waals surface area (Å²) in [6.45, 7) is 2.05. The largest absolute Gasteiger partial charge is 0.497 e. The third-order valence-electron chi connectivity index (χ3n) is 4.69. The van der Waals surface area contributed by atoms with Crippen molar-refractivity contribution in [3.63, 3.8) is 0 Å². The van der Waals surface area contributed by atoms with Crippen molar-refractivity contribution < 1.29 is 14.6 Å². The van der Waals surface area contributed by atoms with Gasteiger partial charge in [-0.3, -0.25) is 10.2 Å². The minimum atomic E-state index is -0.169. The van der Waals surface area contributed by atoms with Crippen molar-refractivity contribution in [1.82, 2.24) is 16.2 Å². The van der Waals surface area contributed by atoms with Gasteiger partial charge < -0.3 is 15.2 Å². The Hall–Kier alpha value is -1.28. The molecule has 6 nitrogen and oxygen atoms in total. The fourth-order valence-electron chi connectivity index (χ4n) is 3.13. The first kappa shape index (κ1) is 20.0. The Morgan fingerprint density at radius 3 is 2.68 bits per heavy atom. The molecule has 0 aromatic heterocycles. The van der Waals surface area contributed by atoms with Gasteiger partial charge in [0.05, 0.1) is 25.8 Å². The standard InChI is InChI=1S/C18H29N3O3S/c1-12-16(10-17(23)19-14(11-22)8-9-25-3)18(21-20-12)13-4-6-15(24-2)7-5-13/h4-7,12,14,16,18,20-22H,8-11H2,1-3H3,(H,19,23)/t12?,14-,16?,18?/m1/s1. The quantitative estimate of drug-likeness (QED) is 0.529. The summed E-state index contributed by atoms with van der Waals surface area (Å²) in [6, 6.07) is 7.98. The van der Waals surface area contributed by atoms with Crippen LogP contribution in [0.25, 0.3) is 0 Å². The van der Waals surface area contributed by atoms with Gasteiger partial charge in [-0.15, -0.1) is 0 Å². The molecule has 25 heavy (non-hydrogen) atoms. The summed E-state index contributed by atoms with van der Waals surface area (Å²) in [7, 11) is 1.65. The van der Waals surface area contributed by atoms with Gasteiger partial charge in [-0.05, 0) is 43.0 Å². The molecule has 0 radical (unpaired) electrons. The van der Waals surface area contributed by atoms with E-state index in [-0.39, 0.29) is 36.6 Å². The van der Waals surface area contributed by atoms with Crippen molar-refractivity contribution in [2.45, 2.75) is 37.9 Å². The van der Waals surface area contributed by atoms with E-state index >= 15 is 0 Å². The van der Waals surface area contributed by atoms with Crippen LogP contribution in [0.4, 0.5) is 0 Å². The highest BCUT2D eigenvalue weighted by molar-refractivity contribution is 7.98. The summed E-state index contributed by atoms with van der Waals surface area (Å²) in [5, 5.41) is 12.4. The second kappa shape index (κ2) is 10.0. The number of aliphatic hydroxyl groups excluding tert-OH is 1. The number of rotatable bonds is 9. The molecule has 0 bridgehead atoms. The minimum absolute atomic E-state index is 0.0129. The number of carbonyl (C=O) groups excluding carboxylic acids is 1. The Balaban J connectivity index is 1.98. The van der Waals surface area contributed by atoms with Crippen molar-refractivity contribution in [3.8, 4) is 5.75 Å². The highest BCUT2D eigenvalue weighted by Gasteiger charge is 2.35. The van der Waals surface area contributed by atoms with E-state index in [1.807, 2.05) is 30.5 Å². The number of amides is 1. The zero-order valence-corrected chi connectivity index (χ0v) is 15.9. The van der Waals surface area contributed by atoms with Crippen LogP contribution in [0, 0.1) is 5.92 Å². The minimum Gasteiger partial charge on any atom is -0.497 e. The summed E-state index contributed by atoms with van der Waals surface area (Å²) in [5.41, 5.74) is 7.66. The highest BCUT2D eigenvalue weighted by Crippen LogP contribution is 2.32. The molecule has 1 aliphatic rings. The molecule has 1 aromatic carbocycles. The van der Waals surface area contributed by atoms with Gasteiger partial charge >= 0.3 is 0 Å². The number of benzene rings is 1. The highest BCUT2D eigenvalue weighted by atomic mass is 32.2. The third-order valence-corrected chi connectivity index (χ3v) is 5.33. The molecule has 1 aliphatic heterocycles. The van der Waals surface area contributed by atoms with Gasteiger partial charge in [-0.1, -0.05) is 12.1 Å². The number of hydrogen-bond acceptors (Lipinski definition) is 6. The number of hydrogen-bond donors (Lipinski definition) is 4. The number of hydrazine groups is 1. The predicted octanol–water partition coefficient (Wildman–Crippen LogP) is 1.47. The van der Waals surface area contributed by atoms with Crippen LogP contribution in [0.3, 0.4) is 0 Å². The number of aliphatic hydroxyl groups is 1. The van der Waals surface area contributed by atoms with E-state index in [2.05, 4.69) is 23.1 Å². The molecular weight excluding hydrogens is 338 g/mol. The van der Waals surface area contributed by atoms with Crippen molar-refractivity contribution in [2.24, 2.45) is 5.92 Å². The lowest BCUT2D eigenvalue weighted by Crippen LogP contribution is -2.40. The van der Waals surface area contributed by atoms with Crippen LogP contribution in [-0.2, 0) is 4.79 Å². The fourth-order valence-corrected chi connectivity index (χ4v) is 3.65. The van der Waals surface area contributed by atoms with Crippen LogP contribution >= 0.6 is 11.8 Å². The fraction of sp³-hybridized carbons (Fsp3) is 0.611. The molecule has 4 N–H and O–H groups in total. The maximum absolute atomic E-state index is 12.4. The summed E-state index contributed by atoms with van der Waals surface area (Å²) in [5.74, 6) is 1.86. The summed E-state index contributed by atoms with van der Waals surface area (Å²) in [6.07, 6.45) is 3.21. The SMILES string of the molecule is COc1ccc(C2NNC(C)C2CC(=O)N[C@@H](CO)CCSC)cc1. The molecule has 1 amide bonds. The van der Waals surface area contributed by atoms with Gasteiger partial charge in [0.25, 0.3) is 0 Å². The maximum Gasteiger partial charge on any atom is 0.220 e. The Bertz CT molecular complexity index is 541.